The first kappa shape index (κ1) is 21.6. The molecule has 0 aliphatic rings. The molecule has 1 amide bonds. The van der Waals surface area contributed by atoms with Crippen molar-refractivity contribution in [1.29, 1.82) is 5.26 Å². The van der Waals surface area contributed by atoms with Crippen molar-refractivity contribution < 1.29 is 13.2 Å². The Balaban J connectivity index is 2.39. The Bertz CT molecular complexity index is 1020. The second kappa shape index (κ2) is 8.54. The zero-order valence-corrected chi connectivity index (χ0v) is 17.5. The third kappa shape index (κ3) is 3.93. The fraction of sp³-hybridized carbons (Fsp3) is 0.421. The van der Waals surface area contributed by atoms with Gasteiger partial charge in [0.15, 0.2) is 0 Å². The Morgan fingerprint density at radius 2 is 1.89 bits per heavy atom. The number of carbonyl (C=O) groups is 1. The molecule has 1 N–H and O–H groups in total. The number of para-hydroxylation sites is 1. The van der Waals surface area contributed by atoms with Gasteiger partial charge in [-0.25, -0.2) is 8.42 Å². The van der Waals surface area contributed by atoms with Gasteiger partial charge in [0, 0.05) is 13.1 Å². The van der Waals surface area contributed by atoms with E-state index < -0.39 is 16.1 Å². The van der Waals surface area contributed by atoms with E-state index in [1.165, 1.54) is 8.99 Å². The number of aromatic nitrogens is 2. The summed E-state index contributed by atoms with van der Waals surface area (Å²) in [4.78, 5) is 12.8. The standard InChI is InChI=1S/C19H25N5O3S/c1-6-23(7-2)28(26,27)18-13(3)22-24(14(18)4)15(5)19(25)21-17-11-9-8-10-16(17)12-20/h8-11,15H,6-7H2,1-5H3,(H,21,25)/t15-/m1/s1. The summed E-state index contributed by atoms with van der Waals surface area (Å²) >= 11 is 0. The number of hydrogen-bond acceptors (Lipinski definition) is 5. The third-order valence-corrected chi connectivity index (χ3v) is 6.92. The van der Waals surface area contributed by atoms with Crippen LogP contribution in [0, 0.1) is 25.2 Å². The Morgan fingerprint density at radius 1 is 1.29 bits per heavy atom. The van der Waals surface area contributed by atoms with Gasteiger partial charge in [0.25, 0.3) is 0 Å². The van der Waals surface area contributed by atoms with Gasteiger partial charge in [0.2, 0.25) is 15.9 Å². The molecule has 1 heterocycles. The highest BCUT2D eigenvalue weighted by molar-refractivity contribution is 7.89. The second-order valence-corrected chi connectivity index (χ2v) is 8.23. The van der Waals surface area contributed by atoms with Gasteiger partial charge in [0.1, 0.15) is 17.0 Å². The van der Waals surface area contributed by atoms with Crippen LogP contribution in [0.4, 0.5) is 5.69 Å². The molecule has 8 nitrogen and oxygen atoms in total. The average Bonchev–Trinajstić information content (AvgIpc) is 2.97. The van der Waals surface area contributed by atoms with Gasteiger partial charge in [0.05, 0.1) is 22.6 Å². The normalized spacial score (nSPS) is 12.6. The molecule has 0 unspecified atom stereocenters. The van der Waals surface area contributed by atoms with Crippen molar-refractivity contribution in [3.63, 3.8) is 0 Å². The average molecular weight is 404 g/mol. The molecule has 0 saturated heterocycles. The van der Waals surface area contributed by atoms with Crippen molar-refractivity contribution in [3.05, 3.63) is 41.2 Å². The Hall–Kier alpha value is -2.70. The smallest absolute Gasteiger partial charge is 0.248 e. The highest BCUT2D eigenvalue weighted by Gasteiger charge is 2.31. The number of aryl methyl sites for hydroxylation is 1. The van der Waals surface area contributed by atoms with Crippen LogP contribution in [0.5, 0.6) is 0 Å². The van der Waals surface area contributed by atoms with Crippen LogP contribution in [0.1, 0.15) is 43.8 Å². The first-order chi connectivity index (χ1) is 13.2. The number of hydrogen-bond donors (Lipinski definition) is 1. The molecule has 0 radical (unpaired) electrons. The van der Waals surface area contributed by atoms with Gasteiger partial charge in [-0.05, 0) is 32.9 Å². The molecule has 0 aliphatic heterocycles. The van der Waals surface area contributed by atoms with Crippen LogP contribution in [0.3, 0.4) is 0 Å². The third-order valence-electron chi connectivity index (χ3n) is 4.61. The number of nitrogens with one attached hydrogen (secondary N) is 1. The van der Waals surface area contributed by atoms with Crippen LogP contribution in [-0.4, -0.2) is 41.5 Å². The summed E-state index contributed by atoms with van der Waals surface area (Å²) in [5, 5.41) is 16.2. The molecule has 0 aliphatic carbocycles. The number of anilines is 1. The van der Waals surface area contributed by atoms with E-state index in [0.29, 0.717) is 35.7 Å². The van der Waals surface area contributed by atoms with Crippen molar-refractivity contribution in [3.8, 4) is 6.07 Å². The van der Waals surface area contributed by atoms with E-state index in [9.17, 15) is 13.2 Å². The molecule has 0 bridgehead atoms. The predicted molar refractivity (Wildman–Crippen MR) is 106 cm³/mol. The van der Waals surface area contributed by atoms with Crippen LogP contribution in [0.15, 0.2) is 29.2 Å². The molecule has 2 rings (SSSR count). The predicted octanol–water partition coefficient (Wildman–Crippen LogP) is 2.60. The quantitative estimate of drug-likeness (QED) is 0.764. The highest BCUT2D eigenvalue weighted by Crippen LogP contribution is 2.26. The molecular weight excluding hydrogens is 378 g/mol. The number of nitrogens with zero attached hydrogens (tertiary/aromatic N) is 4. The summed E-state index contributed by atoms with van der Waals surface area (Å²) < 4.78 is 28.7. The van der Waals surface area contributed by atoms with Crippen LogP contribution >= 0.6 is 0 Å². The van der Waals surface area contributed by atoms with E-state index in [0.717, 1.165) is 0 Å². The van der Waals surface area contributed by atoms with E-state index in [1.54, 1.807) is 58.9 Å². The number of sulfonamides is 1. The number of nitriles is 1. The van der Waals surface area contributed by atoms with Crippen molar-refractivity contribution in [1.82, 2.24) is 14.1 Å². The van der Waals surface area contributed by atoms with Crippen molar-refractivity contribution in [2.45, 2.75) is 45.6 Å². The van der Waals surface area contributed by atoms with Crippen LogP contribution in [-0.2, 0) is 14.8 Å². The lowest BCUT2D eigenvalue weighted by atomic mass is 10.2. The topological polar surface area (TPSA) is 108 Å². The minimum absolute atomic E-state index is 0.133. The minimum Gasteiger partial charge on any atom is -0.323 e. The molecule has 0 spiro atoms. The molecule has 0 fully saturated rings. The lowest BCUT2D eigenvalue weighted by Crippen LogP contribution is -2.31. The maximum absolute atomic E-state index is 13.0. The number of benzene rings is 1. The van der Waals surface area contributed by atoms with E-state index in [1.807, 2.05) is 6.07 Å². The monoisotopic (exact) mass is 403 g/mol. The lowest BCUT2D eigenvalue weighted by molar-refractivity contribution is -0.119. The van der Waals surface area contributed by atoms with E-state index in [2.05, 4.69) is 10.4 Å². The highest BCUT2D eigenvalue weighted by atomic mass is 32.2. The Morgan fingerprint density at radius 3 is 2.46 bits per heavy atom. The minimum atomic E-state index is -3.70. The van der Waals surface area contributed by atoms with Gasteiger partial charge < -0.3 is 5.32 Å². The molecule has 2 aromatic rings. The maximum Gasteiger partial charge on any atom is 0.248 e. The van der Waals surface area contributed by atoms with Crippen molar-refractivity contribution in [2.75, 3.05) is 18.4 Å². The van der Waals surface area contributed by atoms with Crippen molar-refractivity contribution in [2.24, 2.45) is 0 Å². The Kier molecular flexibility index (Phi) is 6.59. The molecule has 150 valence electrons. The Labute approximate surface area is 165 Å². The molecule has 1 atom stereocenters. The number of rotatable bonds is 7. The van der Waals surface area contributed by atoms with E-state index in [-0.39, 0.29) is 10.8 Å². The van der Waals surface area contributed by atoms with Crippen LogP contribution in [0.2, 0.25) is 0 Å². The maximum atomic E-state index is 13.0. The van der Waals surface area contributed by atoms with Gasteiger partial charge in [-0.1, -0.05) is 26.0 Å². The summed E-state index contributed by atoms with van der Waals surface area (Å²) in [6.07, 6.45) is 0. The number of amides is 1. The van der Waals surface area contributed by atoms with Crippen LogP contribution < -0.4 is 5.32 Å². The van der Waals surface area contributed by atoms with E-state index in [4.69, 9.17) is 5.26 Å². The van der Waals surface area contributed by atoms with Gasteiger partial charge in [-0.2, -0.15) is 14.7 Å². The summed E-state index contributed by atoms with van der Waals surface area (Å²) in [7, 11) is -3.70. The molecule has 1 aromatic carbocycles. The summed E-state index contributed by atoms with van der Waals surface area (Å²) in [5.74, 6) is -0.389. The molecular formula is C19H25N5O3S. The fourth-order valence-electron chi connectivity index (χ4n) is 3.13. The summed E-state index contributed by atoms with van der Waals surface area (Å²) in [6, 6.07) is 7.95. The summed E-state index contributed by atoms with van der Waals surface area (Å²) in [5.41, 5.74) is 1.50. The largest absolute Gasteiger partial charge is 0.323 e. The van der Waals surface area contributed by atoms with Crippen molar-refractivity contribution >= 4 is 21.6 Å². The molecule has 0 saturated carbocycles. The zero-order valence-electron chi connectivity index (χ0n) is 16.7. The first-order valence-electron chi connectivity index (χ1n) is 9.04. The molecule has 1 aromatic heterocycles. The van der Waals surface area contributed by atoms with Gasteiger partial charge in [-0.3, -0.25) is 9.48 Å². The van der Waals surface area contributed by atoms with E-state index >= 15 is 0 Å². The molecule has 9 heteroatoms. The number of carbonyl (C=O) groups excluding carboxylic acids is 1. The van der Waals surface area contributed by atoms with Gasteiger partial charge >= 0.3 is 0 Å². The SMILES string of the molecule is CCN(CC)S(=O)(=O)c1c(C)nn([C@H](C)C(=O)Nc2ccccc2C#N)c1C. The lowest BCUT2D eigenvalue weighted by Gasteiger charge is -2.19. The fourth-order valence-corrected chi connectivity index (χ4v) is 4.95. The van der Waals surface area contributed by atoms with Crippen LogP contribution in [0.25, 0.3) is 0 Å². The van der Waals surface area contributed by atoms with Gasteiger partial charge in [-0.15, -0.1) is 0 Å². The zero-order chi connectivity index (χ0) is 21.1. The second-order valence-electron chi connectivity index (χ2n) is 6.36. The first-order valence-corrected chi connectivity index (χ1v) is 10.5. The summed E-state index contributed by atoms with van der Waals surface area (Å²) in [6.45, 7) is 9.15. The molecule has 28 heavy (non-hydrogen) atoms.